The average Bonchev–Trinajstić information content (AvgIpc) is 2.71. The van der Waals surface area contributed by atoms with E-state index in [1.807, 2.05) is 12.1 Å². The van der Waals surface area contributed by atoms with Gasteiger partial charge in [-0.05, 0) is 47.3 Å². The van der Waals surface area contributed by atoms with Gasteiger partial charge in [0, 0.05) is 11.3 Å². The molecule has 18 heavy (non-hydrogen) atoms. The highest BCUT2D eigenvalue weighted by Gasteiger charge is 2.16. The van der Waals surface area contributed by atoms with E-state index in [1.54, 1.807) is 18.3 Å². The highest BCUT2D eigenvalue weighted by atomic mass is 79.9. The lowest BCUT2D eigenvalue weighted by molar-refractivity contribution is -0.141. The first-order valence-electron chi connectivity index (χ1n) is 5.79. The van der Waals surface area contributed by atoms with Gasteiger partial charge in [0.05, 0.1) is 3.79 Å². The van der Waals surface area contributed by atoms with Crippen molar-refractivity contribution in [1.82, 2.24) is 5.32 Å². The van der Waals surface area contributed by atoms with Crippen LogP contribution in [0, 0.1) is 0 Å². The number of hydrogen-bond donors (Lipinski definition) is 2. The molecule has 4 nitrogen and oxygen atoms in total. The maximum Gasteiger partial charge on any atom is 0.326 e. The molecule has 1 amide bonds. The maximum atomic E-state index is 11.5. The zero-order valence-electron chi connectivity index (χ0n) is 10.1. The number of carbonyl (C=O) groups is 2. The Kier molecular flexibility index (Phi) is 6.35. The summed E-state index contributed by atoms with van der Waals surface area (Å²) in [4.78, 5) is 23.5. The molecule has 1 aromatic heterocycles. The molecule has 0 saturated carbocycles. The molecule has 0 aliphatic rings. The van der Waals surface area contributed by atoms with Crippen molar-refractivity contribution in [3.8, 4) is 0 Å². The molecule has 0 aliphatic carbocycles. The Labute approximate surface area is 119 Å². The molecule has 1 atom stereocenters. The fraction of sp³-hybridized carbons (Fsp3) is 0.500. The van der Waals surface area contributed by atoms with Crippen molar-refractivity contribution in [2.45, 2.75) is 38.6 Å². The third-order valence-corrected chi connectivity index (χ3v) is 4.18. The van der Waals surface area contributed by atoms with Crippen molar-refractivity contribution in [3.05, 3.63) is 20.8 Å². The summed E-state index contributed by atoms with van der Waals surface area (Å²) in [5.41, 5.74) is 0. The molecule has 6 heteroatoms. The number of aryl methyl sites for hydroxylation is 1. The Morgan fingerprint density at radius 3 is 2.72 bits per heavy atom. The van der Waals surface area contributed by atoms with E-state index in [1.165, 1.54) is 4.88 Å². The summed E-state index contributed by atoms with van der Waals surface area (Å²) in [5, 5.41) is 11.3. The normalized spacial score (nSPS) is 12.1. The van der Waals surface area contributed by atoms with Crippen LogP contribution in [0.3, 0.4) is 0 Å². The number of halogens is 1. The smallest absolute Gasteiger partial charge is 0.326 e. The molecule has 0 aliphatic heterocycles. The summed E-state index contributed by atoms with van der Waals surface area (Å²) in [6.45, 7) is 1.74. The number of amides is 1. The van der Waals surface area contributed by atoms with Gasteiger partial charge in [-0.15, -0.1) is 11.3 Å². The first kappa shape index (κ1) is 15.2. The van der Waals surface area contributed by atoms with Crippen LogP contribution in [-0.4, -0.2) is 23.0 Å². The number of carbonyl (C=O) groups excluding carboxylic acids is 1. The second-order valence-electron chi connectivity index (χ2n) is 3.93. The van der Waals surface area contributed by atoms with Gasteiger partial charge in [0.2, 0.25) is 5.91 Å². The highest BCUT2D eigenvalue weighted by molar-refractivity contribution is 9.11. The Hall–Kier alpha value is -0.880. The predicted molar refractivity (Wildman–Crippen MR) is 74.8 cm³/mol. The largest absolute Gasteiger partial charge is 0.480 e. The van der Waals surface area contributed by atoms with E-state index in [-0.39, 0.29) is 5.91 Å². The second-order valence-corrected chi connectivity index (χ2v) is 6.47. The number of carboxylic acids is 1. The number of hydrogen-bond acceptors (Lipinski definition) is 3. The lowest BCUT2D eigenvalue weighted by Gasteiger charge is -2.11. The van der Waals surface area contributed by atoms with Crippen LogP contribution in [0.4, 0.5) is 0 Å². The summed E-state index contributed by atoms with van der Waals surface area (Å²) in [7, 11) is 0. The lowest BCUT2D eigenvalue weighted by atomic mass is 10.2. The fourth-order valence-electron chi connectivity index (χ4n) is 1.51. The predicted octanol–water partition coefficient (Wildman–Crippen LogP) is 2.81. The van der Waals surface area contributed by atoms with Crippen molar-refractivity contribution in [2.75, 3.05) is 0 Å². The van der Waals surface area contributed by atoms with Crippen LogP contribution in [0.25, 0.3) is 0 Å². The molecule has 1 aromatic rings. The van der Waals surface area contributed by atoms with Crippen molar-refractivity contribution in [3.63, 3.8) is 0 Å². The minimum Gasteiger partial charge on any atom is -0.480 e. The minimum atomic E-state index is -0.979. The van der Waals surface area contributed by atoms with Gasteiger partial charge < -0.3 is 10.4 Å². The molecular formula is C12H16BrNO3S. The van der Waals surface area contributed by atoms with E-state index in [2.05, 4.69) is 21.2 Å². The van der Waals surface area contributed by atoms with Crippen LogP contribution in [0.5, 0.6) is 0 Å². The maximum absolute atomic E-state index is 11.5. The first-order valence-corrected chi connectivity index (χ1v) is 7.40. The van der Waals surface area contributed by atoms with Crippen LogP contribution < -0.4 is 5.32 Å². The standard InChI is InChI=1S/C12H16BrNO3S/c1-2-9(12(16)17)14-11(15)5-3-4-8-6-7-10(13)18-8/h6-7,9H,2-5H2,1H3,(H,14,15)(H,16,17)/t9-/m1/s1. The average molecular weight is 334 g/mol. The molecule has 100 valence electrons. The Balaban J connectivity index is 2.26. The van der Waals surface area contributed by atoms with Gasteiger partial charge in [-0.3, -0.25) is 4.79 Å². The Morgan fingerprint density at radius 1 is 1.50 bits per heavy atom. The molecule has 0 radical (unpaired) electrons. The van der Waals surface area contributed by atoms with Gasteiger partial charge in [0.25, 0.3) is 0 Å². The van der Waals surface area contributed by atoms with Gasteiger partial charge in [-0.2, -0.15) is 0 Å². The summed E-state index contributed by atoms with van der Waals surface area (Å²) in [6, 6.07) is 3.24. The molecule has 1 rings (SSSR count). The molecule has 0 fully saturated rings. The van der Waals surface area contributed by atoms with Gasteiger partial charge in [0.1, 0.15) is 6.04 Å². The topological polar surface area (TPSA) is 66.4 Å². The lowest BCUT2D eigenvalue weighted by Crippen LogP contribution is -2.40. The molecule has 2 N–H and O–H groups in total. The number of nitrogens with one attached hydrogen (secondary N) is 1. The molecule has 0 saturated heterocycles. The van der Waals surface area contributed by atoms with Crippen LogP contribution in [-0.2, 0) is 16.0 Å². The molecule has 0 aromatic carbocycles. The number of aliphatic carboxylic acids is 1. The highest BCUT2D eigenvalue weighted by Crippen LogP contribution is 2.23. The first-order chi connectivity index (χ1) is 8.52. The van der Waals surface area contributed by atoms with Gasteiger partial charge >= 0.3 is 5.97 Å². The third kappa shape index (κ3) is 5.18. The van der Waals surface area contributed by atoms with E-state index >= 15 is 0 Å². The summed E-state index contributed by atoms with van der Waals surface area (Å²) >= 11 is 5.04. The van der Waals surface area contributed by atoms with Crippen LogP contribution >= 0.6 is 27.3 Å². The van der Waals surface area contributed by atoms with Crippen molar-refractivity contribution in [2.24, 2.45) is 0 Å². The Morgan fingerprint density at radius 2 is 2.22 bits per heavy atom. The molecule has 0 spiro atoms. The van der Waals surface area contributed by atoms with Crippen molar-refractivity contribution in [1.29, 1.82) is 0 Å². The third-order valence-electron chi connectivity index (χ3n) is 2.50. The van der Waals surface area contributed by atoms with Crippen LogP contribution in [0.15, 0.2) is 15.9 Å². The van der Waals surface area contributed by atoms with Gasteiger partial charge in [-0.25, -0.2) is 4.79 Å². The summed E-state index contributed by atoms with van der Waals surface area (Å²) in [5.74, 6) is -1.17. The van der Waals surface area contributed by atoms with Crippen LogP contribution in [0.1, 0.15) is 31.1 Å². The van der Waals surface area contributed by atoms with E-state index < -0.39 is 12.0 Å². The molecular weight excluding hydrogens is 318 g/mol. The van der Waals surface area contributed by atoms with Crippen LogP contribution in [0.2, 0.25) is 0 Å². The van der Waals surface area contributed by atoms with Crippen molar-refractivity contribution >= 4 is 39.1 Å². The summed E-state index contributed by atoms with van der Waals surface area (Å²) < 4.78 is 1.08. The van der Waals surface area contributed by atoms with E-state index in [0.29, 0.717) is 12.8 Å². The van der Waals surface area contributed by atoms with Gasteiger partial charge in [0.15, 0.2) is 0 Å². The minimum absolute atomic E-state index is 0.195. The SMILES string of the molecule is CC[C@@H](NC(=O)CCCc1ccc(Br)s1)C(=O)O. The van der Waals surface area contributed by atoms with Gasteiger partial charge in [-0.1, -0.05) is 6.92 Å². The molecule has 0 unspecified atom stereocenters. The number of thiophene rings is 1. The number of rotatable bonds is 7. The summed E-state index contributed by atoms with van der Waals surface area (Å²) in [6.07, 6.45) is 2.33. The quantitative estimate of drug-likeness (QED) is 0.806. The fourth-order valence-corrected chi connectivity index (χ4v) is 3.04. The van der Waals surface area contributed by atoms with E-state index in [0.717, 1.165) is 16.6 Å². The molecule has 0 bridgehead atoms. The number of carboxylic acid groups (broad SMARTS) is 1. The Bertz CT molecular complexity index is 419. The van der Waals surface area contributed by atoms with Crippen molar-refractivity contribution < 1.29 is 14.7 Å². The van der Waals surface area contributed by atoms with E-state index in [9.17, 15) is 9.59 Å². The zero-order valence-corrected chi connectivity index (χ0v) is 12.5. The second kappa shape index (κ2) is 7.53. The monoisotopic (exact) mass is 333 g/mol. The molecule has 1 heterocycles. The zero-order chi connectivity index (χ0) is 13.5. The van der Waals surface area contributed by atoms with E-state index in [4.69, 9.17) is 5.11 Å².